The first-order chi connectivity index (χ1) is 16.8. The number of carbonyl (C=O) groups is 1. The summed E-state index contributed by atoms with van der Waals surface area (Å²) in [4.78, 5) is 29.0. The van der Waals surface area contributed by atoms with E-state index in [0.29, 0.717) is 34.6 Å². The molecule has 0 saturated carbocycles. The molecule has 1 atom stereocenters. The number of hydrogen-bond acceptors (Lipinski definition) is 5. The van der Waals surface area contributed by atoms with E-state index >= 15 is 0 Å². The summed E-state index contributed by atoms with van der Waals surface area (Å²) in [6.07, 6.45) is 0. The molecule has 1 aromatic heterocycles. The fourth-order valence-corrected chi connectivity index (χ4v) is 4.88. The molecule has 0 fully saturated rings. The van der Waals surface area contributed by atoms with Crippen LogP contribution >= 0.6 is 0 Å². The van der Waals surface area contributed by atoms with Crippen molar-refractivity contribution in [1.82, 2.24) is 4.90 Å². The highest BCUT2D eigenvalue weighted by Gasteiger charge is 2.42. The fraction of sp³-hybridized carbons (Fsp3) is 0.241. The smallest absolute Gasteiger partial charge is 0.291 e. The standard InChI is InChI=1S/C29H25NO5/c1-29(2,3)19-11-9-18(10-12-19)25-24-26(31)20-6-4-5-7-21(20)35-27(24)28(32)30(25)15-17-8-13-22-23(14-17)34-16-33-22/h4-14,25H,15-16H2,1-3H3. The highest BCUT2D eigenvalue weighted by Crippen LogP contribution is 2.41. The van der Waals surface area contributed by atoms with Crippen LogP contribution in [0.5, 0.6) is 11.5 Å². The summed E-state index contributed by atoms with van der Waals surface area (Å²) in [5, 5.41) is 0.472. The van der Waals surface area contributed by atoms with Crippen molar-refractivity contribution in [3.63, 3.8) is 0 Å². The molecule has 2 aliphatic rings. The highest BCUT2D eigenvalue weighted by atomic mass is 16.7. The summed E-state index contributed by atoms with van der Waals surface area (Å²) in [5.41, 5.74) is 3.54. The van der Waals surface area contributed by atoms with Crippen LogP contribution in [-0.2, 0) is 12.0 Å². The van der Waals surface area contributed by atoms with E-state index in [9.17, 15) is 9.59 Å². The minimum absolute atomic E-state index is 0.0106. The van der Waals surface area contributed by atoms with Crippen LogP contribution in [0.25, 0.3) is 11.0 Å². The molecule has 6 nitrogen and oxygen atoms in total. The zero-order chi connectivity index (χ0) is 24.3. The van der Waals surface area contributed by atoms with Crippen LogP contribution < -0.4 is 14.9 Å². The van der Waals surface area contributed by atoms with Crippen molar-refractivity contribution in [2.75, 3.05) is 6.79 Å². The second-order valence-electron chi connectivity index (χ2n) is 10.1. The van der Waals surface area contributed by atoms with Gasteiger partial charge in [0.15, 0.2) is 16.9 Å². The van der Waals surface area contributed by atoms with E-state index in [2.05, 4.69) is 32.9 Å². The lowest BCUT2D eigenvalue weighted by Gasteiger charge is -2.26. The van der Waals surface area contributed by atoms with Crippen LogP contribution in [0.4, 0.5) is 0 Å². The molecule has 1 unspecified atom stereocenters. The first-order valence-electron chi connectivity index (χ1n) is 11.7. The largest absolute Gasteiger partial charge is 0.454 e. The van der Waals surface area contributed by atoms with Gasteiger partial charge in [-0.25, -0.2) is 0 Å². The average Bonchev–Trinajstić information content (AvgIpc) is 3.42. The van der Waals surface area contributed by atoms with E-state index < -0.39 is 6.04 Å². The van der Waals surface area contributed by atoms with Gasteiger partial charge in [0.2, 0.25) is 12.6 Å². The normalized spacial score (nSPS) is 16.7. The number of fused-ring (bicyclic) bond motifs is 3. The van der Waals surface area contributed by atoms with Gasteiger partial charge in [-0.05, 0) is 46.4 Å². The number of nitrogens with zero attached hydrogens (tertiary/aromatic N) is 1. The lowest BCUT2D eigenvalue weighted by atomic mass is 9.86. The van der Waals surface area contributed by atoms with Gasteiger partial charge in [-0.3, -0.25) is 9.59 Å². The molecule has 3 heterocycles. The third kappa shape index (κ3) is 3.48. The molecule has 0 N–H and O–H groups in total. The van der Waals surface area contributed by atoms with Crippen LogP contribution in [0.2, 0.25) is 0 Å². The summed E-state index contributed by atoms with van der Waals surface area (Å²) in [6, 6.07) is 20.3. The molecular formula is C29H25NO5. The number of hydrogen-bond donors (Lipinski definition) is 0. The Kier molecular flexibility index (Phi) is 4.74. The van der Waals surface area contributed by atoms with E-state index in [4.69, 9.17) is 13.9 Å². The third-order valence-electron chi connectivity index (χ3n) is 6.76. The van der Waals surface area contributed by atoms with E-state index in [1.807, 2.05) is 30.3 Å². The molecule has 0 radical (unpaired) electrons. The van der Waals surface area contributed by atoms with Gasteiger partial charge in [-0.15, -0.1) is 0 Å². The molecule has 2 aliphatic heterocycles. The van der Waals surface area contributed by atoms with Crippen molar-refractivity contribution >= 4 is 16.9 Å². The number of rotatable bonds is 3. The third-order valence-corrected chi connectivity index (χ3v) is 6.76. The van der Waals surface area contributed by atoms with Crippen LogP contribution in [0, 0.1) is 0 Å². The van der Waals surface area contributed by atoms with Crippen molar-refractivity contribution in [2.24, 2.45) is 0 Å². The van der Waals surface area contributed by atoms with Crippen LogP contribution in [-0.4, -0.2) is 17.6 Å². The quantitative estimate of drug-likeness (QED) is 0.394. The summed E-state index contributed by atoms with van der Waals surface area (Å²) in [6.45, 7) is 6.94. The molecule has 3 aromatic carbocycles. The molecule has 0 spiro atoms. The van der Waals surface area contributed by atoms with Gasteiger partial charge in [0.05, 0.1) is 17.0 Å². The maximum Gasteiger partial charge on any atom is 0.291 e. The van der Waals surface area contributed by atoms with Crippen LogP contribution in [0.15, 0.2) is 75.9 Å². The van der Waals surface area contributed by atoms with Gasteiger partial charge in [0.25, 0.3) is 5.91 Å². The molecule has 6 rings (SSSR count). The Morgan fingerprint density at radius 2 is 1.66 bits per heavy atom. The van der Waals surface area contributed by atoms with E-state index in [1.54, 1.807) is 29.2 Å². The first kappa shape index (κ1) is 21.5. The second kappa shape index (κ2) is 7.73. The molecule has 0 saturated heterocycles. The Morgan fingerprint density at radius 3 is 2.43 bits per heavy atom. The second-order valence-corrected chi connectivity index (χ2v) is 10.1. The zero-order valence-electron chi connectivity index (χ0n) is 19.8. The van der Waals surface area contributed by atoms with Gasteiger partial charge in [0, 0.05) is 6.54 Å². The number of amides is 1. The predicted octanol–water partition coefficient (Wildman–Crippen LogP) is 5.56. The first-order valence-corrected chi connectivity index (χ1v) is 11.7. The maximum absolute atomic E-state index is 13.7. The summed E-state index contributed by atoms with van der Waals surface area (Å²) in [5.74, 6) is 1.14. The number of carbonyl (C=O) groups excluding carboxylic acids is 1. The lowest BCUT2D eigenvalue weighted by molar-refractivity contribution is 0.0714. The van der Waals surface area contributed by atoms with Crippen molar-refractivity contribution < 1.29 is 18.7 Å². The summed E-state index contributed by atoms with van der Waals surface area (Å²) in [7, 11) is 0. The summed E-state index contributed by atoms with van der Waals surface area (Å²) < 4.78 is 17.0. The lowest BCUT2D eigenvalue weighted by Crippen LogP contribution is -2.29. The van der Waals surface area contributed by atoms with Crippen molar-refractivity contribution in [1.29, 1.82) is 0 Å². The van der Waals surface area contributed by atoms with Crippen molar-refractivity contribution in [3.8, 4) is 11.5 Å². The Bertz CT molecular complexity index is 1530. The van der Waals surface area contributed by atoms with Crippen molar-refractivity contribution in [3.05, 3.63) is 105 Å². The van der Waals surface area contributed by atoms with Crippen molar-refractivity contribution in [2.45, 2.75) is 38.8 Å². The van der Waals surface area contributed by atoms with Gasteiger partial charge in [-0.2, -0.15) is 0 Å². The molecule has 0 bridgehead atoms. The SMILES string of the molecule is CC(C)(C)c1ccc(C2c3c(oc4ccccc4c3=O)C(=O)N2Cc2ccc3c(c2)OCO3)cc1. The molecule has 6 heteroatoms. The molecule has 176 valence electrons. The van der Waals surface area contributed by atoms with Gasteiger partial charge in [-0.1, -0.05) is 63.2 Å². The molecule has 35 heavy (non-hydrogen) atoms. The highest BCUT2D eigenvalue weighted by molar-refractivity contribution is 5.99. The zero-order valence-corrected chi connectivity index (χ0v) is 19.8. The van der Waals surface area contributed by atoms with Crippen LogP contribution in [0.1, 0.15) is 59.6 Å². The molecule has 0 aliphatic carbocycles. The Labute approximate surface area is 202 Å². The Balaban J connectivity index is 1.50. The van der Waals surface area contributed by atoms with Gasteiger partial charge >= 0.3 is 0 Å². The predicted molar refractivity (Wildman–Crippen MR) is 132 cm³/mol. The number of para-hydroxylation sites is 1. The monoisotopic (exact) mass is 467 g/mol. The number of ether oxygens (including phenoxy) is 2. The summed E-state index contributed by atoms with van der Waals surface area (Å²) >= 11 is 0. The Morgan fingerprint density at radius 1 is 0.914 bits per heavy atom. The minimum atomic E-state index is -0.558. The topological polar surface area (TPSA) is 69.0 Å². The average molecular weight is 468 g/mol. The maximum atomic E-state index is 13.7. The van der Waals surface area contributed by atoms with Gasteiger partial charge in [0.1, 0.15) is 5.58 Å². The van der Waals surface area contributed by atoms with Crippen LogP contribution in [0.3, 0.4) is 0 Å². The fourth-order valence-electron chi connectivity index (χ4n) is 4.88. The minimum Gasteiger partial charge on any atom is -0.454 e. The molecule has 1 amide bonds. The van der Waals surface area contributed by atoms with E-state index in [1.165, 1.54) is 5.56 Å². The Hall–Kier alpha value is -4.06. The molecule has 4 aromatic rings. The molecular weight excluding hydrogens is 442 g/mol. The van der Waals surface area contributed by atoms with E-state index in [-0.39, 0.29) is 29.3 Å². The number of benzene rings is 3. The van der Waals surface area contributed by atoms with Gasteiger partial charge < -0.3 is 18.8 Å². The van der Waals surface area contributed by atoms with E-state index in [0.717, 1.165) is 11.1 Å².